The first-order valence-corrected chi connectivity index (χ1v) is 7.56. The second-order valence-electron chi connectivity index (χ2n) is 6.18. The molecule has 1 saturated carbocycles. The molecule has 2 unspecified atom stereocenters. The molecular weight excluding hydrogens is 234 g/mol. The van der Waals surface area contributed by atoms with Crippen molar-refractivity contribution in [3.63, 3.8) is 0 Å². The first kappa shape index (κ1) is 13.2. The maximum atomic E-state index is 11.1. The van der Waals surface area contributed by atoms with Crippen LogP contribution in [0, 0.1) is 5.41 Å². The number of hydrogen-bond acceptors (Lipinski definition) is 3. The van der Waals surface area contributed by atoms with Crippen molar-refractivity contribution in [3.8, 4) is 0 Å². The number of carboxylic acid groups (broad SMARTS) is 1. The number of aliphatic carboxylic acids is 1. The molecule has 2 fully saturated rings. The van der Waals surface area contributed by atoms with E-state index in [9.17, 15) is 4.79 Å². The molecule has 2 rings (SSSR count). The SMILES string of the molecule is CC1(C)CCCC2(CC1)NC(C(=O)O)CCS2. The third-order valence-corrected chi connectivity index (χ3v) is 5.68. The molecule has 3 nitrogen and oxygen atoms in total. The van der Waals surface area contributed by atoms with Gasteiger partial charge in [0.05, 0.1) is 4.87 Å². The summed E-state index contributed by atoms with van der Waals surface area (Å²) in [5, 5.41) is 12.6. The van der Waals surface area contributed by atoms with Crippen molar-refractivity contribution in [2.45, 2.75) is 63.3 Å². The number of hydrogen-bond donors (Lipinski definition) is 2. The summed E-state index contributed by atoms with van der Waals surface area (Å²) in [5.74, 6) is 0.290. The van der Waals surface area contributed by atoms with Gasteiger partial charge in [-0.25, -0.2) is 0 Å². The molecule has 2 atom stereocenters. The highest BCUT2D eigenvalue weighted by molar-refractivity contribution is 8.00. The summed E-state index contributed by atoms with van der Waals surface area (Å²) in [6.07, 6.45) is 6.64. The highest BCUT2D eigenvalue weighted by Gasteiger charge is 2.41. The fraction of sp³-hybridized carbons (Fsp3) is 0.923. The highest BCUT2D eigenvalue weighted by atomic mass is 32.2. The van der Waals surface area contributed by atoms with E-state index in [2.05, 4.69) is 19.2 Å². The normalized spacial score (nSPS) is 37.6. The van der Waals surface area contributed by atoms with E-state index < -0.39 is 5.97 Å². The molecule has 2 aliphatic rings. The lowest BCUT2D eigenvalue weighted by Gasteiger charge is -2.40. The molecule has 2 N–H and O–H groups in total. The Kier molecular flexibility index (Phi) is 3.74. The molecular formula is C13H23NO2S. The summed E-state index contributed by atoms with van der Waals surface area (Å²) in [5.41, 5.74) is 0.419. The van der Waals surface area contributed by atoms with Crippen molar-refractivity contribution in [2.24, 2.45) is 5.41 Å². The van der Waals surface area contributed by atoms with Crippen LogP contribution in [0.5, 0.6) is 0 Å². The zero-order valence-corrected chi connectivity index (χ0v) is 11.6. The van der Waals surface area contributed by atoms with Crippen molar-refractivity contribution in [2.75, 3.05) is 5.75 Å². The van der Waals surface area contributed by atoms with Crippen molar-refractivity contribution < 1.29 is 9.90 Å². The largest absolute Gasteiger partial charge is 0.480 e. The fourth-order valence-corrected chi connectivity index (χ4v) is 4.43. The molecule has 0 bridgehead atoms. The van der Waals surface area contributed by atoms with Gasteiger partial charge in [-0.2, -0.15) is 0 Å². The standard InChI is InChI=1S/C13H23NO2S/c1-12(2)5-3-6-13(8-7-12)14-10(11(15)16)4-9-17-13/h10,14H,3-9H2,1-2H3,(H,15,16). The van der Waals surface area contributed by atoms with Gasteiger partial charge in [0.2, 0.25) is 0 Å². The molecule has 0 aromatic rings. The molecule has 4 heteroatoms. The molecule has 0 aromatic heterocycles. The first-order valence-electron chi connectivity index (χ1n) is 6.57. The Labute approximate surface area is 108 Å². The summed E-state index contributed by atoms with van der Waals surface area (Å²) in [6.45, 7) is 4.66. The third-order valence-electron chi connectivity index (χ3n) is 4.16. The summed E-state index contributed by atoms with van der Waals surface area (Å²) in [7, 11) is 0. The molecule has 17 heavy (non-hydrogen) atoms. The van der Waals surface area contributed by atoms with Crippen LogP contribution in [-0.4, -0.2) is 27.7 Å². The molecule has 1 spiro atoms. The van der Waals surface area contributed by atoms with Crippen LogP contribution in [0.25, 0.3) is 0 Å². The van der Waals surface area contributed by atoms with E-state index in [0.29, 0.717) is 5.41 Å². The van der Waals surface area contributed by atoms with Crippen LogP contribution in [0.2, 0.25) is 0 Å². The molecule has 1 aliphatic heterocycles. The van der Waals surface area contributed by atoms with Crippen molar-refractivity contribution in [1.82, 2.24) is 5.32 Å². The number of nitrogens with one attached hydrogen (secondary N) is 1. The monoisotopic (exact) mass is 257 g/mol. The van der Waals surface area contributed by atoms with E-state index in [1.54, 1.807) is 0 Å². The molecule has 1 heterocycles. The maximum Gasteiger partial charge on any atom is 0.320 e. The third kappa shape index (κ3) is 3.16. The Balaban J connectivity index is 2.05. The molecule has 0 radical (unpaired) electrons. The van der Waals surface area contributed by atoms with Crippen molar-refractivity contribution >= 4 is 17.7 Å². The van der Waals surface area contributed by atoms with Crippen LogP contribution in [-0.2, 0) is 4.79 Å². The Morgan fingerprint density at radius 3 is 2.76 bits per heavy atom. The maximum absolute atomic E-state index is 11.1. The Morgan fingerprint density at radius 1 is 1.29 bits per heavy atom. The summed E-state index contributed by atoms with van der Waals surface area (Å²) < 4.78 is 0. The van der Waals surface area contributed by atoms with Gasteiger partial charge in [-0.05, 0) is 43.3 Å². The first-order chi connectivity index (χ1) is 7.93. The van der Waals surface area contributed by atoms with E-state index in [1.165, 1.54) is 19.3 Å². The van der Waals surface area contributed by atoms with Crippen LogP contribution in [0.15, 0.2) is 0 Å². The predicted molar refractivity (Wildman–Crippen MR) is 71.2 cm³/mol. The van der Waals surface area contributed by atoms with E-state index >= 15 is 0 Å². The van der Waals surface area contributed by atoms with Crippen LogP contribution in [0.1, 0.15) is 52.4 Å². The van der Waals surface area contributed by atoms with Crippen LogP contribution in [0.3, 0.4) is 0 Å². The smallest absolute Gasteiger partial charge is 0.320 e. The van der Waals surface area contributed by atoms with Crippen molar-refractivity contribution in [1.29, 1.82) is 0 Å². The average Bonchev–Trinajstić information content (AvgIpc) is 2.39. The minimum Gasteiger partial charge on any atom is -0.480 e. The van der Waals surface area contributed by atoms with Gasteiger partial charge in [-0.1, -0.05) is 20.3 Å². The number of carboxylic acids is 1. The molecule has 0 aromatic carbocycles. The number of rotatable bonds is 1. The quantitative estimate of drug-likeness (QED) is 0.758. The highest BCUT2D eigenvalue weighted by Crippen LogP contribution is 2.45. The second kappa shape index (κ2) is 4.81. The zero-order valence-electron chi connectivity index (χ0n) is 10.8. The van der Waals surface area contributed by atoms with E-state index in [-0.39, 0.29) is 10.9 Å². The van der Waals surface area contributed by atoms with Gasteiger partial charge in [0.15, 0.2) is 0 Å². The van der Waals surface area contributed by atoms with Gasteiger partial charge < -0.3 is 5.11 Å². The Hall–Kier alpha value is -0.220. The van der Waals surface area contributed by atoms with Gasteiger partial charge in [-0.15, -0.1) is 11.8 Å². The van der Waals surface area contributed by atoms with Gasteiger partial charge in [0.25, 0.3) is 0 Å². The van der Waals surface area contributed by atoms with Gasteiger partial charge >= 0.3 is 5.97 Å². The molecule has 98 valence electrons. The molecule has 0 amide bonds. The lowest BCUT2D eigenvalue weighted by Crippen LogP contribution is -2.54. The fourth-order valence-electron chi connectivity index (χ4n) is 2.92. The van der Waals surface area contributed by atoms with E-state index in [1.807, 2.05) is 11.8 Å². The van der Waals surface area contributed by atoms with Crippen molar-refractivity contribution in [3.05, 3.63) is 0 Å². The second-order valence-corrected chi connectivity index (χ2v) is 7.66. The van der Waals surface area contributed by atoms with Gasteiger partial charge in [0.1, 0.15) is 6.04 Å². The Bertz CT molecular complexity index is 306. The summed E-state index contributed by atoms with van der Waals surface area (Å²) in [4.78, 5) is 11.2. The van der Waals surface area contributed by atoms with E-state index in [0.717, 1.165) is 25.0 Å². The zero-order chi connectivity index (χ0) is 12.5. The van der Waals surface area contributed by atoms with Gasteiger partial charge in [0, 0.05) is 0 Å². The number of thioether (sulfide) groups is 1. The average molecular weight is 257 g/mol. The minimum absolute atomic E-state index is 0.0368. The predicted octanol–water partition coefficient (Wildman–Crippen LogP) is 2.85. The Morgan fingerprint density at radius 2 is 2.06 bits per heavy atom. The topological polar surface area (TPSA) is 49.3 Å². The van der Waals surface area contributed by atoms with Crippen LogP contribution >= 0.6 is 11.8 Å². The minimum atomic E-state index is -0.687. The molecule has 1 aliphatic carbocycles. The lowest BCUT2D eigenvalue weighted by molar-refractivity contribution is -0.140. The van der Waals surface area contributed by atoms with E-state index in [4.69, 9.17) is 5.11 Å². The van der Waals surface area contributed by atoms with Crippen LogP contribution < -0.4 is 5.32 Å². The number of carbonyl (C=O) groups is 1. The lowest BCUT2D eigenvalue weighted by atomic mass is 9.85. The van der Waals surface area contributed by atoms with Gasteiger partial charge in [-0.3, -0.25) is 10.1 Å². The molecule has 1 saturated heterocycles. The summed E-state index contributed by atoms with van der Waals surface area (Å²) >= 11 is 1.95. The summed E-state index contributed by atoms with van der Waals surface area (Å²) in [6, 6.07) is -0.336. The van der Waals surface area contributed by atoms with Crippen LogP contribution in [0.4, 0.5) is 0 Å².